The Morgan fingerprint density at radius 1 is 1.33 bits per heavy atom. The Bertz CT molecular complexity index is 710. The van der Waals surface area contributed by atoms with Crippen molar-refractivity contribution in [2.75, 3.05) is 5.32 Å². The number of benzene rings is 1. The van der Waals surface area contributed by atoms with Crippen LogP contribution >= 0.6 is 11.3 Å². The first kappa shape index (κ1) is 14.2. The molecule has 0 saturated carbocycles. The summed E-state index contributed by atoms with van der Waals surface area (Å²) in [5.41, 5.74) is 2.57. The lowest BCUT2D eigenvalue weighted by Crippen LogP contribution is -2.29. The lowest BCUT2D eigenvalue weighted by Gasteiger charge is -2.18. The first-order valence-electron chi connectivity index (χ1n) is 6.89. The maximum Gasteiger partial charge on any atom is 0.246 e. The summed E-state index contributed by atoms with van der Waals surface area (Å²) in [5, 5.41) is 6.07. The first-order valence-corrected chi connectivity index (χ1v) is 7.70. The van der Waals surface area contributed by atoms with Gasteiger partial charge in [-0.1, -0.05) is 6.07 Å². The van der Waals surface area contributed by atoms with Gasteiger partial charge >= 0.3 is 0 Å². The summed E-state index contributed by atoms with van der Waals surface area (Å²) < 4.78 is 13.2. The van der Waals surface area contributed by atoms with Gasteiger partial charge in [0.1, 0.15) is 11.9 Å². The summed E-state index contributed by atoms with van der Waals surface area (Å²) in [7, 11) is 0. The number of hydrogen-bond donors (Lipinski definition) is 2. The molecule has 3 rings (SSSR count). The number of nitrogens with one attached hydrogen (secondary N) is 2. The summed E-state index contributed by atoms with van der Waals surface area (Å²) in [5.74, 6) is -0.473. The summed E-state index contributed by atoms with van der Waals surface area (Å²) in [6.45, 7) is 6.21. The van der Waals surface area contributed by atoms with Gasteiger partial charge in [0.05, 0.1) is 0 Å². The molecule has 3 nitrogen and oxygen atoms in total. The number of rotatable bonds is 3. The van der Waals surface area contributed by atoms with E-state index in [-0.39, 0.29) is 17.8 Å². The number of amides is 1. The second-order valence-corrected chi connectivity index (χ2v) is 6.87. The first-order chi connectivity index (χ1) is 9.95. The van der Waals surface area contributed by atoms with Gasteiger partial charge in [-0.2, -0.15) is 0 Å². The number of fused-ring (bicyclic) bond motifs is 1. The van der Waals surface area contributed by atoms with Gasteiger partial charge in [-0.25, -0.2) is 4.39 Å². The quantitative estimate of drug-likeness (QED) is 0.904. The molecule has 0 fully saturated rings. The maximum atomic E-state index is 13.2. The van der Waals surface area contributed by atoms with Gasteiger partial charge in [-0.3, -0.25) is 10.1 Å². The van der Waals surface area contributed by atoms with Crippen molar-refractivity contribution in [2.24, 2.45) is 0 Å². The molecule has 2 unspecified atom stereocenters. The van der Waals surface area contributed by atoms with Crippen LogP contribution in [0.4, 0.5) is 10.1 Å². The van der Waals surface area contributed by atoms with Crippen molar-refractivity contribution in [3.8, 4) is 0 Å². The molecule has 110 valence electrons. The van der Waals surface area contributed by atoms with E-state index >= 15 is 0 Å². The molecule has 1 aromatic heterocycles. The topological polar surface area (TPSA) is 41.1 Å². The van der Waals surface area contributed by atoms with E-state index < -0.39 is 6.04 Å². The molecule has 1 aliphatic heterocycles. The van der Waals surface area contributed by atoms with Crippen LogP contribution in [0.25, 0.3) is 0 Å². The fourth-order valence-electron chi connectivity index (χ4n) is 2.82. The van der Waals surface area contributed by atoms with E-state index in [0.29, 0.717) is 5.69 Å². The normalized spacial score (nSPS) is 18.5. The average molecular weight is 304 g/mol. The third-order valence-corrected chi connectivity index (χ3v) is 4.79. The highest BCUT2D eigenvalue weighted by Gasteiger charge is 2.32. The van der Waals surface area contributed by atoms with Crippen LogP contribution in [0.1, 0.15) is 39.9 Å². The van der Waals surface area contributed by atoms with Crippen LogP contribution in [-0.4, -0.2) is 5.91 Å². The van der Waals surface area contributed by atoms with Crippen molar-refractivity contribution in [3.63, 3.8) is 0 Å². The van der Waals surface area contributed by atoms with Crippen molar-refractivity contribution in [2.45, 2.75) is 32.9 Å². The molecule has 1 aromatic carbocycles. The van der Waals surface area contributed by atoms with E-state index in [1.165, 1.54) is 27.5 Å². The van der Waals surface area contributed by atoms with E-state index in [2.05, 4.69) is 30.5 Å². The van der Waals surface area contributed by atoms with Crippen molar-refractivity contribution < 1.29 is 9.18 Å². The third kappa shape index (κ3) is 2.59. The number of thiophene rings is 1. The lowest BCUT2D eigenvalue weighted by molar-refractivity contribution is -0.117. The van der Waals surface area contributed by atoms with Crippen molar-refractivity contribution in [3.05, 3.63) is 51.0 Å². The Morgan fingerprint density at radius 3 is 2.76 bits per heavy atom. The van der Waals surface area contributed by atoms with E-state index in [9.17, 15) is 9.18 Å². The van der Waals surface area contributed by atoms with Crippen LogP contribution in [0.5, 0.6) is 0 Å². The second kappa shape index (κ2) is 5.24. The minimum atomic E-state index is -0.435. The summed E-state index contributed by atoms with van der Waals surface area (Å²) in [6, 6.07) is 6.18. The molecule has 2 aromatic rings. The minimum absolute atomic E-state index is 0.0571. The predicted molar refractivity (Wildman–Crippen MR) is 83.1 cm³/mol. The van der Waals surface area contributed by atoms with Crippen LogP contribution in [-0.2, 0) is 4.79 Å². The molecule has 0 spiro atoms. The zero-order chi connectivity index (χ0) is 15.1. The van der Waals surface area contributed by atoms with Crippen LogP contribution < -0.4 is 10.6 Å². The van der Waals surface area contributed by atoms with E-state index in [4.69, 9.17) is 0 Å². The number of hydrogen-bond acceptors (Lipinski definition) is 3. The molecule has 1 aliphatic rings. The third-order valence-electron chi connectivity index (χ3n) is 3.81. The zero-order valence-electron chi connectivity index (χ0n) is 12.2. The highest BCUT2D eigenvalue weighted by Crippen LogP contribution is 2.34. The van der Waals surface area contributed by atoms with Gasteiger partial charge < -0.3 is 5.32 Å². The SMILES string of the molecule is Cc1cc(C(C)NC2C(=O)Nc3cc(F)ccc32)c(C)s1. The summed E-state index contributed by atoms with van der Waals surface area (Å²) in [6.07, 6.45) is 0. The monoisotopic (exact) mass is 304 g/mol. The molecular formula is C16H17FN2OS. The van der Waals surface area contributed by atoms with E-state index in [1.54, 1.807) is 17.4 Å². The fourth-order valence-corrected chi connectivity index (χ4v) is 3.84. The van der Waals surface area contributed by atoms with Crippen LogP contribution in [0.3, 0.4) is 0 Å². The fraction of sp³-hybridized carbons (Fsp3) is 0.312. The van der Waals surface area contributed by atoms with E-state index in [0.717, 1.165) is 5.56 Å². The van der Waals surface area contributed by atoms with Gasteiger partial charge in [-0.15, -0.1) is 11.3 Å². The van der Waals surface area contributed by atoms with Gasteiger partial charge in [0.25, 0.3) is 0 Å². The van der Waals surface area contributed by atoms with Crippen molar-refractivity contribution in [1.82, 2.24) is 5.32 Å². The largest absolute Gasteiger partial charge is 0.324 e. The standard InChI is InChI=1S/C16H17FN2OS/c1-8-6-13(10(3)21-8)9(2)18-15-12-5-4-11(17)7-14(12)19-16(15)20/h4-7,9,15,18H,1-3H3,(H,19,20). The van der Waals surface area contributed by atoms with Crippen LogP contribution in [0, 0.1) is 19.7 Å². The minimum Gasteiger partial charge on any atom is -0.324 e. The van der Waals surface area contributed by atoms with Gasteiger partial charge in [0, 0.05) is 27.0 Å². The number of anilines is 1. The molecule has 0 radical (unpaired) electrons. The summed E-state index contributed by atoms with van der Waals surface area (Å²) in [4.78, 5) is 14.6. The van der Waals surface area contributed by atoms with E-state index in [1.807, 2.05) is 6.92 Å². The highest BCUT2D eigenvalue weighted by atomic mass is 32.1. The van der Waals surface area contributed by atoms with Crippen molar-refractivity contribution >= 4 is 22.9 Å². The molecule has 0 saturated heterocycles. The molecule has 1 amide bonds. The Morgan fingerprint density at radius 2 is 2.10 bits per heavy atom. The Kier molecular flexibility index (Phi) is 3.55. The average Bonchev–Trinajstić information content (AvgIpc) is 2.89. The lowest BCUT2D eigenvalue weighted by atomic mass is 10.0. The van der Waals surface area contributed by atoms with Crippen LogP contribution in [0.2, 0.25) is 0 Å². The molecule has 2 atom stereocenters. The highest BCUT2D eigenvalue weighted by molar-refractivity contribution is 7.12. The van der Waals surface area contributed by atoms with Gasteiger partial charge in [0.2, 0.25) is 5.91 Å². The number of carbonyl (C=O) groups is 1. The van der Waals surface area contributed by atoms with Crippen LogP contribution in [0.15, 0.2) is 24.3 Å². The Balaban J connectivity index is 1.85. The molecular weight excluding hydrogens is 287 g/mol. The number of halogens is 1. The molecule has 21 heavy (non-hydrogen) atoms. The smallest absolute Gasteiger partial charge is 0.246 e. The predicted octanol–water partition coefficient (Wildman–Crippen LogP) is 3.85. The molecule has 2 heterocycles. The second-order valence-electron chi connectivity index (χ2n) is 5.41. The number of carbonyl (C=O) groups excluding carboxylic acids is 1. The van der Waals surface area contributed by atoms with Gasteiger partial charge in [0.15, 0.2) is 0 Å². The maximum absolute atomic E-state index is 13.2. The van der Waals surface area contributed by atoms with Gasteiger partial charge in [-0.05, 0) is 44.5 Å². The Labute approximate surface area is 127 Å². The molecule has 2 N–H and O–H groups in total. The Hall–Kier alpha value is -1.72. The zero-order valence-corrected chi connectivity index (χ0v) is 13.0. The summed E-state index contributed by atoms with van der Waals surface area (Å²) >= 11 is 1.75. The molecule has 0 aliphatic carbocycles. The molecule has 0 bridgehead atoms. The molecule has 5 heteroatoms. The number of aryl methyl sites for hydroxylation is 2. The van der Waals surface area contributed by atoms with Crippen molar-refractivity contribution in [1.29, 1.82) is 0 Å².